The van der Waals surface area contributed by atoms with Crippen LogP contribution in [0.15, 0.2) is 36.5 Å². The summed E-state index contributed by atoms with van der Waals surface area (Å²) < 4.78 is 7.21. The van der Waals surface area contributed by atoms with Gasteiger partial charge in [0.25, 0.3) is 0 Å². The number of benzene rings is 1. The smallest absolute Gasteiger partial charge is 0.410 e. The predicted molar refractivity (Wildman–Crippen MR) is 188 cm³/mol. The Hall–Kier alpha value is -4.00. The van der Waals surface area contributed by atoms with Gasteiger partial charge in [0.1, 0.15) is 11.6 Å². The van der Waals surface area contributed by atoms with E-state index < -0.39 is 35.7 Å². The molecule has 0 saturated carbocycles. The second-order valence-corrected chi connectivity index (χ2v) is 14.5. The lowest BCUT2D eigenvalue weighted by Crippen LogP contribution is -2.52. The van der Waals surface area contributed by atoms with Crippen LogP contribution >= 0.6 is 0 Å². The third-order valence-corrected chi connectivity index (χ3v) is 9.35. The van der Waals surface area contributed by atoms with Crippen molar-refractivity contribution < 1.29 is 23.9 Å². The molecular formula is C36H58N8O5. The van der Waals surface area contributed by atoms with E-state index in [0.29, 0.717) is 25.9 Å². The van der Waals surface area contributed by atoms with Gasteiger partial charge >= 0.3 is 6.09 Å². The van der Waals surface area contributed by atoms with Gasteiger partial charge in [-0.1, -0.05) is 42.5 Å². The number of hydrogen-bond donors (Lipinski definition) is 3. The number of likely N-dealkylation sites (N-methyl/N-ethyl adjacent to an activating group) is 1. The van der Waals surface area contributed by atoms with Crippen LogP contribution in [-0.2, 0) is 38.6 Å². The monoisotopic (exact) mass is 682 g/mol. The van der Waals surface area contributed by atoms with Gasteiger partial charge in [-0.2, -0.15) is 0 Å². The van der Waals surface area contributed by atoms with Crippen molar-refractivity contribution in [2.75, 3.05) is 13.6 Å². The first-order valence-corrected chi connectivity index (χ1v) is 17.6. The zero-order chi connectivity index (χ0) is 36.3. The average molecular weight is 683 g/mol. The van der Waals surface area contributed by atoms with Gasteiger partial charge in [-0.05, 0) is 91.5 Å². The molecule has 6 atom stereocenters. The van der Waals surface area contributed by atoms with Gasteiger partial charge in [-0.25, -0.2) is 4.79 Å². The summed E-state index contributed by atoms with van der Waals surface area (Å²) in [5.74, 6) is -1.12. The Balaban J connectivity index is 1.59. The van der Waals surface area contributed by atoms with E-state index in [4.69, 9.17) is 10.5 Å². The molecule has 1 aliphatic rings. The minimum Gasteiger partial charge on any atom is -0.444 e. The second kappa shape index (κ2) is 18.1. The van der Waals surface area contributed by atoms with E-state index in [1.165, 1.54) is 11.9 Å². The number of amides is 4. The van der Waals surface area contributed by atoms with Crippen LogP contribution in [0.3, 0.4) is 0 Å². The SMILES string of the molecule is CC(NC(=O)C(C)N(C)C(=O)OC(C)(C)C)C(Cc1cn(CCCCC(N)C(=O)NCc2ccccc2)nn1)C(C)C(=O)N1CCCC1C. The summed E-state index contributed by atoms with van der Waals surface area (Å²) in [7, 11) is 1.54. The van der Waals surface area contributed by atoms with E-state index >= 15 is 0 Å². The maximum absolute atomic E-state index is 13.7. The van der Waals surface area contributed by atoms with Crippen molar-refractivity contribution >= 4 is 23.8 Å². The number of unbranched alkanes of at least 4 members (excludes halogenated alkanes) is 1. The molecule has 2 heterocycles. The van der Waals surface area contributed by atoms with Gasteiger partial charge in [0.15, 0.2) is 0 Å². The number of nitrogens with zero attached hydrogens (tertiary/aromatic N) is 5. The lowest BCUT2D eigenvalue weighted by atomic mass is 9.83. The van der Waals surface area contributed by atoms with Crippen molar-refractivity contribution in [3.8, 4) is 0 Å². The Morgan fingerprint density at radius 1 is 1.08 bits per heavy atom. The molecule has 1 aliphatic heterocycles. The van der Waals surface area contributed by atoms with Gasteiger partial charge in [0.05, 0.1) is 11.7 Å². The summed E-state index contributed by atoms with van der Waals surface area (Å²) >= 11 is 0. The van der Waals surface area contributed by atoms with Crippen molar-refractivity contribution in [2.24, 2.45) is 17.6 Å². The number of aromatic nitrogens is 3. The first-order valence-electron chi connectivity index (χ1n) is 17.6. The molecule has 13 heteroatoms. The molecule has 1 fully saturated rings. The van der Waals surface area contributed by atoms with Gasteiger partial charge in [0.2, 0.25) is 17.7 Å². The summed E-state index contributed by atoms with van der Waals surface area (Å²) in [6.07, 6.45) is 5.74. The highest BCUT2D eigenvalue weighted by atomic mass is 16.6. The molecule has 272 valence electrons. The summed E-state index contributed by atoms with van der Waals surface area (Å²) in [4.78, 5) is 55.3. The Morgan fingerprint density at radius 2 is 1.78 bits per heavy atom. The topological polar surface area (TPSA) is 165 Å². The van der Waals surface area contributed by atoms with E-state index in [9.17, 15) is 19.2 Å². The molecule has 0 aliphatic carbocycles. The molecule has 1 aromatic heterocycles. The third kappa shape index (κ3) is 12.1. The third-order valence-electron chi connectivity index (χ3n) is 9.35. The second-order valence-electron chi connectivity index (χ2n) is 14.5. The number of nitrogens with two attached hydrogens (primary N) is 1. The molecule has 13 nitrogen and oxygen atoms in total. The van der Waals surface area contributed by atoms with Crippen molar-refractivity contribution in [1.29, 1.82) is 0 Å². The van der Waals surface area contributed by atoms with Crippen LogP contribution in [0.1, 0.15) is 91.8 Å². The lowest BCUT2D eigenvalue weighted by Gasteiger charge is -2.34. The Labute approximate surface area is 291 Å². The molecule has 1 aromatic carbocycles. The molecule has 2 aromatic rings. The first kappa shape index (κ1) is 39.4. The Bertz CT molecular complexity index is 1380. The highest BCUT2D eigenvalue weighted by Crippen LogP contribution is 2.27. The fourth-order valence-electron chi connectivity index (χ4n) is 6.08. The Kier molecular flexibility index (Phi) is 14.6. The number of carbonyl (C=O) groups excluding carboxylic acids is 4. The van der Waals surface area contributed by atoms with Crippen LogP contribution < -0.4 is 16.4 Å². The highest BCUT2D eigenvalue weighted by molar-refractivity contribution is 5.85. The predicted octanol–water partition coefficient (Wildman–Crippen LogP) is 3.66. The van der Waals surface area contributed by atoms with E-state index in [1.807, 2.05) is 55.3 Å². The Morgan fingerprint density at radius 3 is 2.41 bits per heavy atom. The molecule has 49 heavy (non-hydrogen) atoms. The average Bonchev–Trinajstić information content (AvgIpc) is 3.70. The fourth-order valence-corrected chi connectivity index (χ4v) is 6.08. The van der Waals surface area contributed by atoms with Crippen molar-refractivity contribution in [1.82, 2.24) is 35.4 Å². The number of carbonyl (C=O) groups is 4. The van der Waals surface area contributed by atoms with Crippen molar-refractivity contribution in [3.05, 3.63) is 47.8 Å². The maximum Gasteiger partial charge on any atom is 0.410 e. The molecule has 0 bridgehead atoms. The number of ether oxygens (including phenoxy) is 1. The molecule has 1 saturated heterocycles. The molecule has 6 unspecified atom stereocenters. The molecular weight excluding hydrogens is 624 g/mol. The van der Waals surface area contributed by atoms with Gasteiger partial charge in [0, 0.05) is 50.9 Å². The summed E-state index contributed by atoms with van der Waals surface area (Å²) in [5.41, 5.74) is 7.18. The number of aryl methyl sites for hydroxylation is 1. The summed E-state index contributed by atoms with van der Waals surface area (Å²) in [6.45, 7) is 14.6. The van der Waals surface area contributed by atoms with E-state index in [1.54, 1.807) is 32.4 Å². The lowest BCUT2D eigenvalue weighted by molar-refractivity contribution is -0.138. The standard InChI is InChI=1S/C36H58N8O5/c1-24-15-14-20-44(24)34(47)25(2)30(26(3)39-32(45)27(4)42(8)35(48)49-36(5,6)7)21-29-23-43(41-40-29)19-13-12-18-31(37)33(46)38-22-28-16-10-9-11-17-28/h9-11,16-17,23-27,30-31H,12-15,18-22,37H2,1-8H3,(H,38,46)(H,39,45). The van der Waals surface area contributed by atoms with Crippen LogP contribution in [0.5, 0.6) is 0 Å². The van der Waals surface area contributed by atoms with E-state index in [-0.39, 0.29) is 29.7 Å². The van der Waals surface area contributed by atoms with Crippen LogP contribution in [-0.4, -0.2) is 92.0 Å². The molecule has 0 radical (unpaired) electrons. The minimum atomic E-state index is -0.786. The first-order chi connectivity index (χ1) is 23.1. The maximum atomic E-state index is 13.7. The summed E-state index contributed by atoms with van der Waals surface area (Å²) in [6, 6.07) is 8.11. The zero-order valence-electron chi connectivity index (χ0n) is 30.6. The van der Waals surface area contributed by atoms with Gasteiger partial charge < -0.3 is 26.0 Å². The number of likely N-dealkylation sites (tertiary alicyclic amines) is 1. The molecule has 3 rings (SSSR count). The number of hydrogen-bond acceptors (Lipinski definition) is 8. The molecule has 4 N–H and O–H groups in total. The largest absolute Gasteiger partial charge is 0.444 e. The fraction of sp³-hybridized carbons (Fsp3) is 0.667. The normalized spacial score (nSPS) is 17.8. The van der Waals surface area contributed by atoms with Crippen molar-refractivity contribution in [3.63, 3.8) is 0 Å². The van der Waals surface area contributed by atoms with E-state index in [2.05, 4.69) is 27.9 Å². The van der Waals surface area contributed by atoms with Crippen molar-refractivity contribution in [2.45, 2.75) is 130 Å². The molecule has 0 spiro atoms. The minimum absolute atomic E-state index is 0.0616. The van der Waals surface area contributed by atoms with Crippen LogP contribution in [0, 0.1) is 11.8 Å². The van der Waals surface area contributed by atoms with Crippen LogP contribution in [0.2, 0.25) is 0 Å². The highest BCUT2D eigenvalue weighted by Gasteiger charge is 2.37. The quantitative estimate of drug-likeness (QED) is 0.226. The van der Waals surface area contributed by atoms with E-state index in [0.717, 1.165) is 43.5 Å². The number of rotatable bonds is 16. The van der Waals surface area contributed by atoms with Crippen LogP contribution in [0.4, 0.5) is 4.79 Å². The van der Waals surface area contributed by atoms with Gasteiger partial charge in [-0.15, -0.1) is 5.10 Å². The number of nitrogens with one attached hydrogen (secondary N) is 2. The molecule has 4 amide bonds. The zero-order valence-corrected chi connectivity index (χ0v) is 30.6. The van der Waals surface area contributed by atoms with Crippen LogP contribution in [0.25, 0.3) is 0 Å². The van der Waals surface area contributed by atoms with Gasteiger partial charge in [-0.3, -0.25) is 24.0 Å². The summed E-state index contributed by atoms with van der Waals surface area (Å²) in [5, 5.41) is 14.7.